The molecule has 0 radical (unpaired) electrons. The van der Waals surface area contributed by atoms with Gasteiger partial charge in [0.05, 0.1) is 49.7 Å². The molecule has 6 rings (SSSR count). The number of hydrogen-bond acceptors (Lipinski definition) is 17. The van der Waals surface area contributed by atoms with Gasteiger partial charge in [-0.1, -0.05) is 6.08 Å². The molecule has 18 nitrogen and oxygen atoms in total. The molecule has 18 heteroatoms. The average Bonchev–Trinajstić information content (AvgIpc) is 3.14. The highest BCUT2D eigenvalue weighted by atomic mass is 16.8. The predicted octanol–water partition coefficient (Wildman–Crippen LogP) is -4.02. The minimum absolute atomic E-state index is 0.0370. The quantitative estimate of drug-likeness (QED) is 0.0572. The molecule has 3 aliphatic carbocycles. The highest BCUT2D eigenvalue weighted by Crippen LogP contribution is 2.42. The Hall–Kier alpha value is -1.43. The van der Waals surface area contributed by atoms with Crippen molar-refractivity contribution < 1.29 is 89.4 Å². The highest BCUT2D eigenvalue weighted by molar-refractivity contribution is 5.82. The lowest BCUT2D eigenvalue weighted by Crippen LogP contribution is -2.66. The molecule has 12 N–H and O–H groups in total. The van der Waals surface area contributed by atoms with E-state index in [1.165, 1.54) is 6.08 Å². The van der Waals surface area contributed by atoms with Gasteiger partial charge in [-0.25, -0.2) is 4.79 Å². The van der Waals surface area contributed by atoms with Crippen LogP contribution in [0.5, 0.6) is 0 Å². The first-order valence-electron chi connectivity index (χ1n) is 19.3. The maximum absolute atomic E-state index is 13.0. The fourth-order valence-corrected chi connectivity index (χ4v) is 9.13. The van der Waals surface area contributed by atoms with Crippen molar-refractivity contribution in [2.75, 3.05) is 13.2 Å². The van der Waals surface area contributed by atoms with Crippen LogP contribution in [0.2, 0.25) is 0 Å². The van der Waals surface area contributed by atoms with Gasteiger partial charge in [0.1, 0.15) is 48.8 Å². The zero-order valence-corrected chi connectivity index (χ0v) is 30.1. The van der Waals surface area contributed by atoms with Crippen LogP contribution in [0.1, 0.15) is 64.2 Å². The molecule has 19 atom stereocenters. The van der Waals surface area contributed by atoms with Crippen molar-refractivity contribution in [1.82, 2.24) is 0 Å². The molecule has 3 saturated heterocycles. The number of esters is 1. The number of carbonyl (C=O) groups is 1. The number of aliphatic hydroxyl groups excluding tert-OH is 11. The SMILES string of the molecule is O=C(C=CC1CCC(O)C(O)C1)OC1C(OC2C(OC3CC4C(O)CC(O)CC4[OH+]C3C3CCC(O)CC3)OC(CO)C(O)C2O)OC(CO)C(O)C1O. The number of ether oxygens (including phenoxy) is 6. The Morgan fingerprint density at radius 3 is 1.91 bits per heavy atom. The van der Waals surface area contributed by atoms with Crippen molar-refractivity contribution in [3.8, 4) is 0 Å². The molecular weight excluding hydrogens is 720 g/mol. The molecule has 19 unspecified atom stereocenters. The van der Waals surface area contributed by atoms with E-state index in [0.29, 0.717) is 44.9 Å². The van der Waals surface area contributed by atoms with Gasteiger partial charge in [-0.3, -0.25) is 0 Å². The summed E-state index contributed by atoms with van der Waals surface area (Å²) in [6.45, 7) is -1.50. The first-order chi connectivity index (χ1) is 25.8. The summed E-state index contributed by atoms with van der Waals surface area (Å²) in [5, 5.41) is 116. The third-order valence-corrected chi connectivity index (χ3v) is 12.3. The zero-order chi connectivity index (χ0) is 38.8. The van der Waals surface area contributed by atoms with Crippen molar-refractivity contribution in [3.63, 3.8) is 0 Å². The second-order valence-corrected chi connectivity index (χ2v) is 16.0. The topological polar surface area (TPSA) is 299 Å². The smallest absolute Gasteiger partial charge is 0.330 e. The molecule has 3 heterocycles. The van der Waals surface area contributed by atoms with E-state index in [4.69, 9.17) is 28.4 Å². The summed E-state index contributed by atoms with van der Waals surface area (Å²) < 4.78 is 35.0. The third-order valence-electron chi connectivity index (χ3n) is 12.3. The summed E-state index contributed by atoms with van der Waals surface area (Å²) in [5.74, 6) is -1.64. The van der Waals surface area contributed by atoms with Crippen LogP contribution >= 0.6 is 0 Å². The molecule has 310 valence electrons. The summed E-state index contributed by atoms with van der Waals surface area (Å²) in [6.07, 6.45) is -15.2. The van der Waals surface area contributed by atoms with Crippen LogP contribution in [0.4, 0.5) is 0 Å². The van der Waals surface area contributed by atoms with Crippen LogP contribution in [-0.4, -0.2) is 190 Å². The molecule has 3 aliphatic heterocycles. The Bertz CT molecular complexity index is 1230. The van der Waals surface area contributed by atoms with Gasteiger partial charge >= 0.3 is 5.97 Å². The van der Waals surface area contributed by atoms with E-state index in [-0.39, 0.29) is 43.1 Å². The van der Waals surface area contributed by atoms with E-state index in [1.807, 2.05) is 0 Å². The predicted molar refractivity (Wildman–Crippen MR) is 181 cm³/mol. The number of carbonyl (C=O) groups excluding carboxylic acids is 1. The zero-order valence-electron chi connectivity index (χ0n) is 30.1. The average molecular weight is 780 g/mol. The molecular formula is C36H59O18+. The summed E-state index contributed by atoms with van der Waals surface area (Å²) in [6, 6.07) is 0. The highest BCUT2D eigenvalue weighted by Gasteiger charge is 2.56. The van der Waals surface area contributed by atoms with Gasteiger partial charge in [0, 0.05) is 24.8 Å². The van der Waals surface area contributed by atoms with Crippen LogP contribution in [0.15, 0.2) is 12.2 Å². The summed E-state index contributed by atoms with van der Waals surface area (Å²) in [4.78, 5) is 13.0. The minimum atomic E-state index is -1.86. The van der Waals surface area contributed by atoms with Gasteiger partial charge in [-0.05, 0) is 57.3 Å². The molecule has 0 aromatic heterocycles. The van der Waals surface area contributed by atoms with E-state index in [2.05, 4.69) is 0 Å². The van der Waals surface area contributed by atoms with Crippen LogP contribution in [0.25, 0.3) is 0 Å². The number of rotatable bonds is 10. The monoisotopic (exact) mass is 779 g/mol. The molecule has 0 bridgehead atoms. The Kier molecular flexibility index (Phi) is 14.4. The lowest BCUT2D eigenvalue weighted by Gasteiger charge is -2.49. The van der Waals surface area contributed by atoms with E-state index in [0.717, 1.165) is 6.08 Å². The standard InChI is InChI=1S/C36H58O18/c37-13-25-29(46)31(48)34(35(51-25)50-24-12-19-21(42)10-18(40)11-23(19)49-32(24)16-3-5-17(39)6-4-16)54-36-33(30(47)28(45)26(14-38)52-36)53-27(44)8-2-15-1-7-20(41)22(43)9-15/h2,8,15-26,28-43,45-48H,1,3-7,9-14H2/p+1. The molecule has 54 heavy (non-hydrogen) atoms. The maximum atomic E-state index is 13.0. The van der Waals surface area contributed by atoms with E-state index >= 15 is 0 Å². The van der Waals surface area contributed by atoms with Crippen LogP contribution in [0, 0.1) is 17.8 Å². The molecule has 6 aliphatic rings. The summed E-state index contributed by atoms with van der Waals surface area (Å²) >= 11 is 0. The molecule has 0 amide bonds. The second-order valence-electron chi connectivity index (χ2n) is 16.0. The second kappa shape index (κ2) is 18.4. The van der Waals surface area contributed by atoms with Crippen molar-refractivity contribution in [2.24, 2.45) is 17.8 Å². The summed E-state index contributed by atoms with van der Waals surface area (Å²) in [5.41, 5.74) is 0. The molecule has 3 saturated carbocycles. The number of allylic oxidation sites excluding steroid dienone is 1. The molecule has 6 fully saturated rings. The van der Waals surface area contributed by atoms with Crippen molar-refractivity contribution >= 4 is 5.97 Å². The Labute approximate surface area is 312 Å². The maximum Gasteiger partial charge on any atom is 0.330 e. The Morgan fingerprint density at radius 1 is 0.648 bits per heavy atom. The van der Waals surface area contributed by atoms with E-state index in [9.17, 15) is 61.0 Å². The van der Waals surface area contributed by atoms with Crippen molar-refractivity contribution in [2.45, 2.75) is 174 Å². The number of hydrogen-bond donors (Lipinski definition) is 11. The fraction of sp³-hybridized carbons (Fsp3) is 0.917. The Balaban J connectivity index is 1.23. The van der Waals surface area contributed by atoms with E-state index in [1.54, 1.807) is 0 Å². The Morgan fingerprint density at radius 2 is 1.28 bits per heavy atom. The fourth-order valence-electron chi connectivity index (χ4n) is 9.13. The van der Waals surface area contributed by atoms with Gasteiger partial charge in [0.25, 0.3) is 0 Å². The van der Waals surface area contributed by atoms with Gasteiger partial charge in [0.15, 0.2) is 30.9 Å². The first-order valence-corrected chi connectivity index (χ1v) is 19.3. The van der Waals surface area contributed by atoms with Crippen LogP contribution in [0.3, 0.4) is 0 Å². The van der Waals surface area contributed by atoms with Crippen molar-refractivity contribution in [3.05, 3.63) is 12.2 Å². The number of aliphatic hydroxyl groups is 13. The van der Waals surface area contributed by atoms with Gasteiger partial charge in [-0.2, -0.15) is 0 Å². The molecule has 0 aromatic rings. The van der Waals surface area contributed by atoms with Crippen LogP contribution < -0.4 is 0 Å². The minimum Gasteiger partial charge on any atom is -0.451 e. The molecule has 0 spiro atoms. The lowest BCUT2D eigenvalue weighted by molar-refractivity contribution is -0.386. The first kappa shape index (κ1) is 42.2. The molecule has 0 aromatic carbocycles. The van der Waals surface area contributed by atoms with Gasteiger partial charge in [0.2, 0.25) is 0 Å². The van der Waals surface area contributed by atoms with Gasteiger partial charge in [-0.15, -0.1) is 0 Å². The van der Waals surface area contributed by atoms with Gasteiger partial charge < -0.3 is 84.6 Å². The van der Waals surface area contributed by atoms with Crippen molar-refractivity contribution in [1.29, 1.82) is 0 Å². The largest absolute Gasteiger partial charge is 0.451 e. The summed E-state index contributed by atoms with van der Waals surface area (Å²) in [7, 11) is 0. The third kappa shape index (κ3) is 9.47. The lowest BCUT2D eigenvalue weighted by atomic mass is 9.73. The van der Waals surface area contributed by atoms with E-state index < -0.39 is 123 Å². The number of fused-ring (bicyclic) bond motifs is 1. The van der Waals surface area contributed by atoms with Crippen LogP contribution in [-0.2, 0) is 28.5 Å². The normalized spacial score (nSPS) is 50.4.